The van der Waals surface area contributed by atoms with Gasteiger partial charge in [-0.05, 0) is 12.8 Å². The van der Waals surface area contributed by atoms with E-state index in [2.05, 4.69) is 0 Å². The molecule has 0 saturated carbocycles. The molecule has 1 saturated heterocycles. The van der Waals surface area contributed by atoms with Crippen LogP contribution in [-0.4, -0.2) is 68.6 Å². The minimum Gasteiger partial charge on any atom is -0.481 e. The highest BCUT2D eigenvalue weighted by atomic mass is 16.5. The van der Waals surface area contributed by atoms with Crippen LogP contribution in [0.15, 0.2) is 0 Å². The van der Waals surface area contributed by atoms with E-state index in [9.17, 15) is 20.1 Å². The third-order valence-electron chi connectivity index (χ3n) is 4.87. The minimum atomic E-state index is -1.28. The fraction of sp³-hybridized carbons (Fsp3) is 0.944. The Bertz CT molecular complexity index is 361. The molecule has 0 aromatic heterocycles. The van der Waals surface area contributed by atoms with E-state index in [-0.39, 0.29) is 13.0 Å². The summed E-state index contributed by atoms with van der Waals surface area (Å²) < 4.78 is 5.48. The van der Waals surface area contributed by atoms with E-state index >= 15 is 0 Å². The van der Waals surface area contributed by atoms with Crippen molar-refractivity contribution in [3.63, 3.8) is 0 Å². The molecule has 0 unspecified atom stereocenters. The second kappa shape index (κ2) is 12.6. The van der Waals surface area contributed by atoms with Gasteiger partial charge in [0.2, 0.25) is 0 Å². The summed E-state index contributed by atoms with van der Waals surface area (Å²) >= 11 is 0. The first-order chi connectivity index (χ1) is 12.0. The molecular formula is C18H34O7. The number of rotatable bonds is 13. The predicted molar refractivity (Wildman–Crippen MR) is 92.2 cm³/mol. The maximum atomic E-state index is 10.4. The van der Waals surface area contributed by atoms with Crippen molar-refractivity contribution in [3.8, 4) is 0 Å². The van der Waals surface area contributed by atoms with Gasteiger partial charge in [0.1, 0.15) is 24.4 Å². The van der Waals surface area contributed by atoms with Crippen molar-refractivity contribution < 1.29 is 35.1 Å². The predicted octanol–water partition coefficient (Wildman–Crippen LogP) is 1.20. The highest BCUT2D eigenvalue weighted by Gasteiger charge is 2.42. The summed E-state index contributed by atoms with van der Waals surface area (Å²) in [6.07, 6.45) is 4.99. The summed E-state index contributed by atoms with van der Waals surface area (Å²) in [4.78, 5) is 10.4. The van der Waals surface area contributed by atoms with Crippen LogP contribution in [0, 0.1) is 0 Å². The largest absolute Gasteiger partial charge is 0.481 e. The maximum Gasteiger partial charge on any atom is 0.303 e. The number of aliphatic hydroxyl groups is 4. The molecule has 148 valence electrons. The van der Waals surface area contributed by atoms with E-state index in [0.29, 0.717) is 6.42 Å². The van der Waals surface area contributed by atoms with Gasteiger partial charge >= 0.3 is 5.97 Å². The Balaban J connectivity index is 2.01. The van der Waals surface area contributed by atoms with Crippen LogP contribution in [-0.2, 0) is 9.53 Å². The Hall–Kier alpha value is -0.730. The molecule has 1 aliphatic heterocycles. The number of unbranched alkanes of at least 4 members (excludes halogenated alkanes) is 8. The van der Waals surface area contributed by atoms with E-state index in [1.807, 2.05) is 0 Å². The zero-order chi connectivity index (χ0) is 18.7. The number of carbonyl (C=O) groups is 1. The topological polar surface area (TPSA) is 127 Å². The molecule has 25 heavy (non-hydrogen) atoms. The Morgan fingerprint density at radius 2 is 1.20 bits per heavy atom. The molecule has 5 N–H and O–H groups in total. The van der Waals surface area contributed by atoms with Crippen LogP contribution in [0.5, 0.6) is 0 Å². The van der Waals surface area contributed by atoms with Crippen LogP contribution in [0.3, 0.4) is 0 Å². The van der Waals surface area contributed by atoms with E-state index in [0.717, 1.165) is 57.8 Å². The van der Waals surface area contributed by atoms with E-state index < -0.39 is 36.5 Å². The number of carboxylic acid groups (broad SMARTS) is 1. The van der Waals surface area contributed by atoms with Crippen molar-refractivity contribution in [2.75, 3.05) is 6.61 Å². The van der Waals surface area contributed by atoms with Crippen molar-refractivity contribution in [1.29, 1.82) is 0 Å². The van der Waals surface area contributed by atoms with E-state index in [1.54, 1.807) is 0 Å². The van der Waals surface area contributed by atoms with Gasteiger partial charge < -0.3 is 30.3 Å². The number of hydrogen-bond donors (Lipinski definition) is 5. The normalized spacial score (nSPS) is 29.7. The lowest BCUT2D eigenvalue weighted by Gasteiger charge is -2.40. The van der Waals surface area contributed by atoms with Crippen molar-refractivity contribution in [3.05, 3.63) is 0 Å². The number of aliphatic hydroxyl groups excluding tert-OH is 4. The van der Waals surface area contributed by atoms with Gasteiger partial charge in [0, 0.05) is 6.42 Å². The molecule has 0 aliphatic carbocycles. The minimum absolute atomic E-state index is 0.262. The number of ether oxygens (including phenoxy) is 1. The maximum absolute atomic E-state index is 10.4. The molecular weight excluding hydrogens is 328 g/mol. The molecule has 0 amide bonds. The van der Waals surface area contributed by atoms with Gasteiger partial charge in [-0.3, -0.25) is 4.79 Å². The van der Waals surface area contributed by atoms with E-state index in [4.69, 9.17) is 14.9 Å². The summed E-state index contributed by atoms with van der Waals surface area (Å²) in [5.41, 5.74) is 0. The number of carboxylic acids is 1. The van der Waals surface area contributed by atoms with Gasteiger partial charge in [-0.2, -0.15) is 0 Å². The van der Waals surface area contributed by atoms with Crippen LogP contribution < -0.4 is 0 Å². The Kier molecular flexibility index (Phi) is 11.2. The molecule has 7 nitrogen and oxygen atoms in total. The average Bonchev–Trinajstić information content (AvgIpc) is 2.59. The van der Waals surface area contributed by atoms with Gasteiger partial charge in [0.15, 0.2) is 0 Å². The Morgan fingerprint density at radius 1 is 0.720 bits per heavy atom. The first kappa shape index (κ1) is 22.3. The van der Waals surface area contributed by atoms with Crippen LogP contribution in [0.25, 0.3) is 0 Å². The zero-order valence-electron chi connectivity index (χ0n) is 14.9. The second-order valence-corrected chi connectivity index (χ2v) is 6.98. The average molecular weight is 362 g/mol. The molecule has 1 fully saturated rings. The molecule has 1 aliphatic rings. The molecule has 0 aromatic rings. The summed E-state index contributed by atoms with van der Waals surface area (Å²) in [7, 11) is 0. The van der Waals surface area contributed by atoms with E-state index in [1.165, 1.54) is 0 Å². The van der Waals surface area contributed by atoms with Crippen molar-refractivity contribution in [2.45, 2.75) is 101 Å². The summed E-state index contributed by atoms with van der Waals surface area (Å²) in [6, 6.07) is 0. The van der Waals surface area contributed by atoms with Gasteiger partial charge in [0.25, 0.3) is 0 Å². The lowest BCUT2D eigenvalue weighted by molar-refractivity contribution is -0.230. The van der Waals surface area contributed by atoms with Crippen LogP contribution in [0.2, 0.25) is 0 Å². The monoisotopic (exact) mass is 362 g/mol. The van der Waals surface area contributed by atoms with Gasteiger partial charge in [-0.15, -0.1) is 0 Å². The number of aliphatic carboxylic acids is 1. The van der Waals surface area contributed by atoms with Crippen LogP contribution in [0.1, 0.15) is 70.6 Å². The highest BCUT2D eigenvalue weighted by Crippen LogP contribution is 2.25. The second-order valence-electron chi connectivity index (χ2n) is 6.98. The highest BCUT2D eigenvalue weighted by molar-refractivity contribution is 5.66. The first-order valence-corrected chi connectivity index (χ1v) is 9.49. The summed E-state index contributed by atoms with van der Waals surface area (Å²) in [6.45, 7) is -0.381. The lowest BCUT2D eigenvalue weighted by Crippen LogP contribution is -2.58. The van der Waals surface area contributed by atoms with Crippen LogP contribution >= 0.6 is 0 Å². The molecule has 1 rings (SSSR count). The summed E-state index contributed by atoms with van der Waals surface area (Å²) in [5.74, 6) is -0.723. The third kappa shape index (κ3) is 8.46. The standard InChI is InChI=1S/C18H34O7/c19-12-14-17(23)18(24)16(22)13(25-14)10-8-6-4-2-1-3-5-7-9-11-15(20)21/h13-14,16-19,22-24H,1-12H2,(H,20,21)/t13-,14-,16-,17-,18-/m1/s1. The van der Waals surface area contributed by atoms with Gasteiger partial charge in [0.05, 0.1) is 12.7 Å². The molecule has 0 radical (unpaired) electrons. The molecule has 0 spiro atoms. The first-order valence-electron chi connectivity index (χ1n) is 9.49. The van der Waals surface area contributed by atoms with Crippen molar-refractivity contribution in [1.82, 2.24) is 0 Å². The third-order valence-corrected chi connectivity index (χ3v) is 4.87. The zero-order valence-corrected chi connectivity index (χ0v) is 14.9. The quantitative estimate of drug-likeness (QED) is 0.312. The fourth-order valence-electron chi connectivity index (χ4n) is 3.28. The Morgan fingerprint density at radius 3 is 1.72 bits per heavy atom. The van der Waals surface area contributed by atoms with Gasteiger partial charge in [-0.1, -0.05) is 51.4 Å². The SMILES string of the molecule is O=C(O)CCCCCCCCCCC[C@H]1O[C@H](CO)[C@@H](O)[C@H](O)[C@@H]1O. The van der Waals surface area contributed by atoms with Crippen molar-refractivity contribution in [2.24, 2.45) is 0 Å². The molecule has 5 atom stereocenters. The molecule has 0 aromatic carbocycles. The van der Waals surface area contributed by atoms with Crippen molar-refractivity contribution >= 4 is 5.97 Å². The molecule has 0 bridgehead atoms. The smallest absolute Gasteiger partial charge is 0.303 e. The molecule has 7 heteroatoms. The van der Waals surface area contributed by atoms with Crippen LogP contribution in [0.4, 0.5) is 0 Å². The van der Waals surface area contributed by atoms with Gasteiger partial charge in [-0.25, -0.2) is 0 Å². The number of hydrogen-bond acceptors (Lipinski definition) is 6. The molecule has 1 heterocycles. The Labute approximate surface area is 149 Å². The summed E-state index contributed by atoms with van der Waals surface area (Å²) in [5, 5.41) is 47.1. The fourth-order valence-corrected chi connectivity index (χ4v) is 3.28. The lowest BCUT2D eigenvalue weighted by atomic mass is 9.92.